The summed E-state index contributed by atoms with van der Waals surface area (Å²) in [5.74, 6) is 2.14. The van der Waals surface area contributed by atoms with E-state index in [1.807, 2.05) is 29.9 Å². The number of nitrogens with one attached hydrogen (secondary N) is 2. The highest BCUT2D eigenvalue weighted by Gasteiger charge is 2.15. The fourth-order valence-electron chi connectivity index (χ4n) is 3.76. The lowest BCUT2D eigenvalue weighted by atomic mass is 10.1. The molecule has 0 saturated heterocycles. The molecule has 0 radical (unpaired) electrons. The van der Waals surface area contributed by atoms with E-state index in [1.165, 1.54) is 23.5 Å². The number of halogens is 1. The monoisotopic (exact) mass is 541 g/mol. The average molecular weight is 542 g/mol. The zero-order valence-corrected chi connectivity index (χ0v) is 21.7. The Balaban J connectivity index is 1.26. The third-order valence-electron chi connectivity index (χ3n) is 5.52. The number of aromatic nitrogens is 3. The Kier molecular flexibility index (Phi) is 7.13. The maximum Gasteiger partial charge on any atom is 0.230 e. The molecule has 3 aromatic heterocycles. The van der Waals surface area contributed by atoms with Gasteiger partial charge in [0, 0.05) is 42.8 Å². The van der Waals surface area contributed by atoms with Gasteiger partial charge in [0.25, 0.3) is 0 Å². The van der Waals surface area contributed by atoms with E-state index in [0.717, 1.165) is 20.8 Å². The number of anilines is 1. The van der Waals surface area contributed by atoms with Crippen molar-refractivity contribution in [1.82, 2.24) is 19.9 Å². The number of benzene rings is 2. The third kappa shape index (κ3) is 5.54. The lowest BCUT2D eigenvalue weighted by Crippen LogP contribution is -2.35. The third-order valence-corrected chi connectivity index (χ3v) is 6.89. The molecule has 0 atom stereocenters. The number of imidazole rings is 1. The molecule has 0 saturated carbocycles. The fraction of sp³-hybridized carbons (Fsp3) is 0.0714. The Bertz CT molecular complexity index is 1720. The van der Waals surface area contributed by atoms with Gasteiger partial charge in [-0.2, -0.15) is 0 Å². The van der Waals surface area contributed by atoms with Crippen LogP contribution in [0.15, 0.2) is 73.3 Å². The Morgan fingerprint density at radius 2 is 2.03 bits per heavy atom. The molecule has 188 valence electrons. The number of terminal acetylenes is 1. The second-order valence-corrected chi connectivity index (χ2v) is 9.75. The van der Waals surface area contributed by atoms with Crippen molar-refractivity contribution >= 4 is 50.5 Å². The normalized spacial score (nSPS) is 10.7. The van der Waals surface area contributed by atoms with Gasteiger partial charge in [0.15, 0.2) is 16.7 Å². The molecular weight excluding hydrogens is 521 g/mol. The molecule has 2 aromatic carbocycles. The molecule has 0 bridgehead atoms. The molecule has 0 unspecified atom stereocenters. The molecule has 0 aliphatic rings. The second-order valence-electron chi connectivity index (χ2n) is 8.29. The zero-order valence-electron chi connectivity index (χ0n) is 20.1. The highest BCUT2D eigenvalue weighted by Crippen LogP contribution is 2.39. The summed E-state index contributed by atoms with van der Waals surface area (Å²) >= 11 is 6.69. The predicted molar refractivity (Wildman–Crippen MR) is 151 cm³/mol. The molecule has 0 aliphatic heterocycles. The number of aryl methyl sites for hydroxylation is 1. The number of nitrogens with zero attached hydrogens (tertiary/aromatic N) is 3. The maximum atomic E-state index is 15.0. The number of thiophene rings is 1. The van der Waals surface area contributed by atoms with Crippen molar-refractivity contribution in [3.8, 4) is 34.4 Å². The summed E-state index contributed by atoms with van der Waals surface area (Å²) in [6.07, 6.45) is 10.8. The van der Waals surface area contributed by atoms with Crippen molar-refractivity contribution in [1.29, 1.82) is 0 Å². The van der Waals surface area contributed by atoms with Crippen molar-refractivity contribution in [2.75, 3.05) is 5.32 Å². The van der Waals surface area contributed by atoms with Gasteiger partial charge in [0.05, 0.1) is 33.5 Å². The summed E-state index contributed by atoms with van der Waals surface area (Å²) in [5, 5.41) is 5.45. The molecule has 1 amide bonds. The van der Waals surface area contributed by atoms with Crippen LogP contribution in [0.5, 0.6) is 11.5 Å². The van der Waals surface area contributed by atoms with Crippen LogP contribution in [-0.2, 0) is 18.3 Å². The first-order chi connectivity index (χ1) is 18.4. The number of hydrogen-bond acceptors (Lipinski definition) is 6. The van der Waals surface area contributed by atoms with Crippen LogP contribution < -0.4 is 15.4 Å². The van der Waals surface area contributed by atoms with Crippen LogP contribution in [0.4, 0.5) is 10.1 Å². The quantitative estimate of drug-likeness (QED) is 0.213. The van der Waals surface area contributed by atoms with Crippen molar-refractivity contribution in [3.05, 3.63) is 90.3 Å². The topological polar surface area (TPSA) is 81.1 Å². The summed E-state index contributed by atoms with van der Waals surface area (Å²) in [6, 6.07) is 15.1. The van der Waals surface area contributed by atoms with Gasteiger partial charge in [0.1, 0.15) is 5.75 Å². The van der Waals surface area contributed by atoms with Gasteiger partial charge in [-0.1, -0.05) is 24.1 Å². The summed E-state index contributed by atoms with van der Waals surface area (Å²) in [6.45, 7) is 0. The largest absolute Gasteiger partial charge is 0.453 e. The highest BCUT2D eigenvalue weighted by molar-refractivity contribution is 7.80. The number of hydrogen-bond donors (Lipinski definition) is 2. The number of carbonyl (C=O) groups excluding carboxylic acids is 1. The number of pyridine rings is 1. The fourth-order valence-corrected chi connectivity index (χ4v) is 5.02. The van der Waals surface area contributed by atoms with Crippen LogP contribution >= 0.6 is 23.6 Å². The van der Waals surface area contributed by atoms with Gasteiger partial charge >= 0.3 is 0 Å². The van der Waals surface area contributed by atoms with E-state index in [4.69, 9.17) is 23.4 Å². The molecule has 5 rings (SSSR count). The Labute approximate surface area is 227 Å². The van der Waals surface area contributed by atoms with Gasteiger partial charge in [-0.05, 0) is 42.0 Å². The molecule has 10 heteroatoms. The van der Waals surface area contributed by atoms with Gasteiger partial charge in [0.2, 0.25) is 5.91 Å². The average Bonchev–Trinajstić information content (AvgIpc) is 3.52. The Morgan fingerprint density at radius 3 is 2.79 bits per heavy atom. The zero-order chi connectivity index (χ0) is 26.6. The first-order valence-electron chi connectivity index (χ1n) is 11.4. The standard InChI is InChI=1S/C28H20FN5O2S2/c1-3-17-6-4-5-7-18(17)12-26(35)33-28(37)32-19-8-9-23(20(29)13-19)36-24-10-11-30-21-14-25(38-27(21)24)22-15-34(2)16-31-22/h1,4-11,13-16H,12H2,2H3,(H2,32,33,35,37). The molecule has 3 heterocycles. The Morgan fingerprint density at radius 1 is 1.18 bits per heavy atom. The molecule has 7 nitrogen and oxygen atoms in total. The summed E-state index contributed by atoms with van der Waals surface area (Å²) in [7, 11) is 1.90. The molecule has 0 spiro atoms. The van der Waals surface area contributed by atoms with Crippen LogP contribution in [0.2, 0.25) is 0 Å². The van der Waals surface area contributed by atoms with Gasteiger partial charge in [-0.25, -0.2) is 9.37 Å². The lowest BCUT2D eigenvalue weighted by Gasteiger charge is -2.12. The highest BCUT2D eigenvalue weighted by atomic mass is 32.1. The minimum absolute atomic E-state index is 0.0386. The molecule has 0 aliphatic carbocycles. The summed E-state index contributed by atoms with van der Waals surface area (Å²) in [4.78, 5) is 22.1. The molecular formula is C28H20FN5O2S2. The van der Waals surface area contributed by atoms with Gasteiger partial charge in [-0.3, -0.25) is 9.78 Å². The van der Waals surface area contributed by atoms with E-state index in [9.17, 15) is 9.18 Å². The molecule has 5 aromatic rings. The summed E-state index contributed by atoms with van der Waals surface area (Å²) < 4.78 is 23.5. The van der Waals surface area contributed by atoms with Crippen LogP contribution in [-0.4, -0.2) is 25.6 Å². The lowest BCUT2D eigenvalue weighted by molar-refractivity contribution is -0.119. The van der Waals surface area contributed by atoms with E-state index >= 15 is 0 Å². The van der Waals surface area contributed by atoms with Crippen LogP contribution in [0.1, 0.15) is 11.1 Å². The smallest absolute Gasteiger partial charge is 0.230 e. The van der Waals surface area contributed by atoms with E-state index in [0.29, 0.717) is 22.6 Å². The van der Waals surface area contributed by atoms with Crippen molar-refractivity contribution in [3.63, 3.8) is 0 Å². The predicted octanol–water partition coefficient (Wildman–Crippen LogP) is 5.67. The summed E-state index contributed by atoms with van der Waals surface area (Å²) in [5.41, 5.74) is 3.27. The molecule has 0 fully saturated rings. The van der Waals surface area contributed by atoms with Crippen molar-refractivity contribution in [2.45, 2.75) is 6.42 Å². The van der Waals surface area contributed by atoms with Crippen LogP contribution in [0, 0.1) is 18.2 Å². The minimum atomic E-state index is -0.599. The number of rotatable bonds is 6. The van der Waals surface area contributed by atoms with E-state index in [1.54, 1.807) is 42.9 Å². The number of ether oxygens (including phenoxy) is 1. The number of amides is 1. The second kappa shape index (κ2) is 10.8. The maximum absolute atomic E-state index is 15.0. The minimum Gasteiger partial charge on any atom is -0.453 e. The Hall–Kier alpha value is -4.59. The molecule has 38 heavy (non-hydrogen) atoms. The van der Waals surface area contributed by atoms with Crippen LogP contribution in [0.3, 0.4) is 0 Å². The molecule has 2 N–H and O–H groups in total. The van der Waals surface area contributed by atoms with Crippen LogP contribution in [0.25, 0.3) is 20.8 Å². The van der Waals surface area contributed by atoms with Gasteiger partial charge < -0.3 is 19.9 Å². The first kappa shape index (κ1) is 25.1. The van der Waals surface area contributed by atoms with E-state index < -0.39 is 5.82 Å². The number of carbonyl (C=O) groups is 1. The number of thiocarbonyl (C=S) groups is 1. The van der Waals surface area contributed by atoms with E-state index in [-0.39, 0.29) is 23.2 Å². The SMILES string of the molecule is C#Cc1ccccc1CC(=O)NC(=S)Nc1ccc(Oc2ccnc3cc(-c4cn(C)cn4)sc23)c(F)c1. The van der Waals surface area contributed by atoms with Crippen molar-refractivity contribution < 1.29 is 13.9 Å². The van der Waals surface area contributed by atoms with Crippen molar-refractivity contribution in [2.24, 2.45) is 7.05 Å². The number of fused-ring (bicyclic) bond motifs is 1. The first-order valence-corrected chi connectivity index (χ1v) is 12.6. The van der Waals surface area contributed by atoms with Gasteiger partial charge in [-0.15, -0.1) is 17.8 Å². The van der Waals surface area contributed by atoms with E-state index in [2.05, 4.69) is 26.5 Å².